The van der Waals surface area contributed by atoms with Gasteiger partial charge in [0.15, 0.2) is 0 Å². The molecular formula is C16H24ClFN2O. The molecule has 1 aromatic rings. The minimum absolute atomic E-state index is 0. The molecule has 1 aliphatic rings. The van der Waals surface area contributed by atoms with Crippen molar-refractivity contribution < 1.29 is 9.18 Å². The third-order valence-electron chi connectivity index (χ3n) is 4.34. The second kappa shape index (κ2) is 7.76. The molecule has 3 N–H and O–H groups in total. The first-order valence-corrected chi connectivity index (χ1v) is 7.29. The molecule has 0 aromatic heterocycles. The second-order valence-corrected chi connectivity index (χ2v) is 5.77. The zero-order valence-electron chi connectivity index (χ0n) is 12.6. The third-order valence-corrected chi connectivity index (χ3v) is 4.34. The Labute approximate surface area is 131 Å². The van der Waals surface area contributed by atoms with E-state index in [1.54, 1.807) is 19.1 Å². The molecule has 21 heavy (non-hydrogen) atoms. The maximum Gasteiger partial charge on any atom is 0.223 e. The number of carbonyl (C=O) groups excluding carboxylic acids is 1. The maximum absolute atomic E-state index is 13.3. The second-order valence-electron chi connectivity index (χ2n) is 5.77. The summed E-state index contributed by atoms with van der Waals surface area (Å²) in [5, 5.41) is 3.03. The molecule has 1 aromatic carbocycles. The summed E-state index contributed by atoms with van der Waals surface area (Å²) in [5.74, 6) is 0.194. The van der Waals surface area contributed by atoms with E-state index >= 15 is 0 Å². The van der Waals surface area contributed by atoms with Gasteiger partial charge in [0.05, 0.1) is 6.04 Å². The first kappa shape index (κ1) is 17.9. The third kappa shape index (κ3) is 4.17. The number of aryl methyl sites for hydroxylation is 1. The lowest BCUT2D eigenvalue weighted by Gasteiger charge is -2.21. The van der Waals surface area contributed by atoms with Crippen LogP contribution in [0.3, 0.4) is 0 Å². The summed E-state index contributed by atoms with van der Waals surface area (Å²) in [7, 11) is 0. The molecule has 0 aliphatic heterocycles. The van der Waals surface area contributed by atoms with E-state index in [0.29, 0.717) is 18.0 Å². The molecule has 3 atom stereocenters. The van der Waals surface area contributed by atoms with Crippen LogP contribution in [0.15, 0.2) is 18.2 Å². The Balaban J connectivity index is 0.00000220. The molecule has 118 valence electrons. The van der Waals surface area contributed by atoms with Gasteiger partial charge in [0.25, 0.3) is 0 Å². The fraction of sp³-hybridized carbons (Fsp3) is 0.562. The summed E-state index contributed by atoms with van der Waals surface area (Å²) in [6.07, 6.45) is 3.03. The van der Waals surface area contributed by atoms with Crippen molar-refractivity contribution in [1.82, 2.24) is 5.32 Å². The maximum atomic E-state index is 13.3. The first-order chi connectivity index (χ1) is 9.52. The Bertz CT molecular complexity index is 495. The van der Waals surface area contributed by atoms with E-state index in [4.69, 9.17) is 5.73 Å². The first-order valence-electron chi connectivity index (χ1n) is 7.29. The summed E-state index contributed by atoms with van der Waals surface area (Å²) in [6, 6.07) is 4.85. The number of nitrogens with one attached hydrogen (secondary N) is 1. The Morgan fingerprint density at radius 3 is 2.81 bits per heavy atom. The molecule has 0 bridgehead atoms. The van der Waals surface area contributed by atoms with E-state index in [9.17, 15) is 9.18 Å². The summed E-state index contributed by atoms with van der Waals surface area (Å²) in [5.41, 5.74) is 7.25. The minimum atomic E-state index is -0.216. The van der Waals surface area contributed by atoms with Gasteiger partial charge in [-0.2, -0.15) is 0 Å². The number of amides is 1. The van der Waals surface area contributed by atoms with Crippen LogP contribution in [0.4, 0.5) is 4.39 Å². The number of halogens is 2. The fourth-order valence-electron chi connectivity index (χ4n) is 3.01. The van der Waals surface area contributed by atoms with E-state index in [2.05, 4.69) is 5.32 Å². The van der Waals surface area contributed by atoms with Gasteiger partial charge >= 0.3 is 0 Å². The normalized spacial score (nSPS) is 22.5. The van der Waals surface area contributed by atoms with E-state index in [1.807, 2.05) is 6.92 Å². The zero-order chi connectivity index (χ0) is 14.7. The number of rotatable bonds is 4. The number of nitrogens with two attached hydrogens (primary N) is 1. The van der Waals surface area contributed by atoms with Gasteiger partial charge in [-0.1, -0.05) is 18.6 Å². The van der Waals surface area contributed by atoms with Crippen molar-refractivity contribution in [2.75, 3.05) is 6.54 Å². The summed E-state index contributed by atoms with van der Waals surface area (Å²) < 4.78 is 13.3. The van der Waals surface area contributed by atoms with Crippen LogP contribution in [0.25, 0.3) is 0 Å². The monoisotopic (exact) mass is 314 g/mol. The number of hydrogen-bond donors (Lipinski definition) is 2. The average Bonchev–Trinajstić information content (AvgIpc) is 2.90. The van der Waals surface area contributed by atoms with Gasteiger partial charge in [0.2, 0.25) is 5.91 Å². The molecule has 0 heterocycles. The van der Waals surface area contributed by atoms with Crippen LogP contribution < -0.4 is 11.1 Å². The molecular weight excluding hydrogens is 291 g/mol. The summed E-state index contributed by atoms with van der Waals surface area (Å²) in [6.45, 7) is 4.23. The van der Waals surface area contributed by atoms with Crippen LogP contribution in [-0.4, -0.2) is 12.5 Å². The highest BCUT2D eigenvalue weighted by Gasteiger charge is 2.32. The molecule has 1 amide bonds. The Morgan fingerprint density at radius 1 is 1.48 bits per heavy atom. The van der Waals surface area contributed by atoms with Crippen molar-refractivity contribution in [2.24, 2.45) is 17.6 Å². The Morgan fingerprint density at radius 2 is 2.19 bits per heavy atom. The lowest BCUT2D eigenvalue weighted by Crippen LogP contribution is -2.36. The van der Waals surface area contributed by atoms with Crippen molar-refractivity contribution in [3.8, 4) is 0 Å². The van der Waals surface area contributed by atoms with Gasteiger partial charge in [-0.05, 0) is 56.3 Å². The highest BCUT2D eigenvalue weighted by atomic mass is 35.5. The average molecular weight is 315 g/mol. The van der Waals surface area contributed by atoms with Crippen LogP contribution in [0, 0.1) is 24.6 Å². The standard InChI is InChI=1S/C16H23FN2O.ClH/c1-10-8-12(6-7-15(10)17)11(2)19-16(20)14-5-3-4-13(14)9-18;/h6-8,11,13-14H,3-5,9,18H2,1-2H3,(H,19,20);1H/t11?,13-,14-;/m1./s1. The lowest BCUT2D eigenvalue weighted by molar-refractivity contribution is -0.126. The van der Waals surface area contributed by atoms with E-state index in [1.165, 1.54) is 6.07 Å². The molecule has 2 rings (SSSR count). The van der Waals surface area contributed by atoms with Gasteiger partial charge in [0, 0.05) is 5.92 Å². The molecule has 3 nitrogen and oxygen atoms in total. The molecule has 1 aliphatic carbocycles. The highest BCUT2D eigenvalue weighted by molar-refractivity contribution is 5.85. The Kier molecular flexibility index (Phi) is 6.62. The smallest absolute Gasteiger partial charge is 0.223 e. The minimum Gasteiger partial charge on any atom is -0.349 e. The Hall–Kier alpha value is -1.13. The molecule has 1 saturated carbocycles. The van der Waals surface area contributed by atoms with Gasteiger partial charge in [0.1, 0.15) is 5.82 Å². The molecule has 5 heteroatoms. The fourth-order valence-corrected chi connectivity index (χ4v) is 3.01. The van der Waals surface area contributed by atoms with Crippen molar-refractivity contribution >= 4 is 18.3 Å². The zero-order valence-corrected chi connectivity index (χ0v) is 13.4. The van der Waals surface area contributed by atoms with Crippen molar-refractivity contribution in [3.63, 3.8) is 0 Å². The van der Waals surface area contributed by atoms with Crippen LogP contribution in [-0.2, 0) is 4.79 Å². The SMILES string of the molecule is Cc1cc(C(C)NC(=O)[C@@H]2CCC[C@@H]2CN)ccc1F.Cl. The van der Waals surface area contributed by atoms with Crippen LogP contribution in [0.1, 0.15) is 43.4 Å². The highest BCUT2D eigenvalue weighted by Crippen LogP contribution is 2.31. The topological polar surface area (TPSA) is 55.1 Å². The van der Waals surface area contributed by atoms with E-state index in [-0.39, 0.29) is 36.1 Å². The summed E-state index contributed by atoms with van der Waals surface area (Å²) >= 11 is 0. The van der Waals surface area contributed by atoms with Crippen LogP contribution >= 0.6 is 12.4 Å². The van der Waals surface area contributed by atoms with Gasteiger partial charge < -0.3 is 11.1 Å². The van der Waals surface area contributed by atoms with Crippen LogP contribution in [0.2, 0.25) is 0 Å². The van der Waals surface area contributed by atoms with Gasteiger partial charge in [-0.15, -0.1) is 12.4 Å². The molecule has 0 spiro atoms. The van der Waals surface area contributed by atoms with E-state index < -0.39 is 0 Å². The lowest BCUT2D eigenvalue weighted by atomic mass is 9.94. The predicted molar refractivity (Wildman–Crippen MR) is 84.8 cm³/mol. The van der Waals surface area contributed by atoms with Crippen molar-refractivity contribution in [2.45, 2.75) is 39.2 Å². The quantitative estimate of drug-likeness (QED) is 0.897. The van der Waals surface area contributed by atoms with Crippen molar-refractivity contribution in [1.29, 1.82) is 0 Å². The summed E-state index contributed by atoms with van der Waals surface area (Å²) in [4.78, 5) is 12.3. The number of benzene rings is 1. The molecule has 1 fully saturated rings. The van der Waals surface area contributed by atoms with E-state index in [0.717, 1.165) is 24.8 Å². The van der Waals surface area contributed by atoms with Gasteiger partial charge in [-0.3, -0.25) is 4.79 Å². The molecule has 0 saturated heterocycles. The molecule has 1 unspecified atom stereocenters. The van der Waals surface area contributed by atoms with Crippen LogP contribution in [0.5, 0.6) is 0 Å². The van der Waals surface area contributed by atoms with Gasteiger partial charge in [-0.25, -0.2) is 4.39 Å². The predicted octanol–water partition coefficient (Wildman–Crippen LogP) is 3.11. The number of hydrogen-bond acceptors (Lipinski definition) is 2. The van der Waals surface area contributed by atoms with Crippen molar-refractivity contribution in [3.05, 3.63) is 35.1 Å². The number of carbonyl (C=O) groups is 1. The largest absolute Gasteiger partial charge is 0.349 e. The molecule has 0 radical (unpaired) electrons.